The van der Waals surface area contributed by atoms with E-state index in [1.165, 1.54) is 0 Å². The Balaban J connectivity index is 1.49. The van der Waals surface area contributed by atoms with Crippen LogP contribution in [0.15, 0.2) is 60.7 Å². The normalized spacial score (nSPS) is 14.0. The molecule has 0 bridgehead atoms. The van der Waals surface area contributed by atoms with Crippen molar-refractivity contribution in [2.75, 3.05) is 12.4 Å². The summed E-state index contributed by atoms with van der Waals surface area (Å²) >= 11 is 6.17. The fourth-order valence-electron chi connectivity index (χ4n) is 4.20. The number of carbonyl (C=O) groups excluding carboxylic acids is 1. The minimum Gasteiger partial charge on any atom is -0.496 e. The molecule has 2 N–H and O–H groups in total. The van der Waals surface area contributed by atoms with E-state index in [0.29, 0.717) is 16.5 Å². The second-order valence-electron chi connectivity index (χ2n) is 8.24. The van der Waals surface area contributed by atoms with Crippen LogP contribution in [0.2, 0.25) is 5.02 Å². The fourth-order valence-corrected chi connectivity index (χ4v) is 4.39. The maximum atomic E-state index is 13.3. The smallest absolute Gasteiger partial charge is 0.235 e. The van der Waals surface area contributed by atoms with Gasteiger partial charge < -0.3 is 10.1 Å². The van der Waals surface area contributed by atoms with E-state index in [9.17, 15) is 4.79 Å². The van der Waals surface area contributed by atoms with Gasteiger partial charge in [0.15, 0.2) is 5.82 Å². The molecule has 1 aliphatic carbocycles. The monoisotopic (exact) mass is 459 g/mol. The number of hydrogen-bond donors (Lipinski definition) is 2. The molecule has 8 heteroatoms. The molecule has 0 radical (unpaired) electrons. The summed E-state index contributed by atoms with van der Waals surface area (Å²) in [5, 5.41) is 18.1. The predicted molar refractivity (Wildman–Crippen MR) is 127 cm³/mol. The molecule has 3 aromatic carbocycles. The van der Waals surface area contributed by atoms with Crippen molar-refractivity contribution in [2.45, 2.75) is 25.2 Å². The van der Waals surface area contributed by atoms with Crippen molar-refractivity contribution in [1.29, 1.82) is 0 Å². The first-order chi connectivity index (χ1) is 16.0. The fraction of sp³-hybridized carbons (Fsp3) is 0.200. The summed E-state index contributed by atoms with van der Waals surface area (Å²) < 4.78 is 5.39. The average Bonchev–Trinajstić information content (AvgIpc) is 3.46. The van der Waals surface area contributed by atoms with Gasteiger partial charge in [-0.1, -0.05) is 35.9 Å². The molecule has 1 aromatic heterocycles. The molecule has 1 fully saturated rings. The van der Waals surface area contributed by atoms with Gasteiger partial charge in [0.05, 0.1) is 12.5 Å². The summed E-state index contributed by atoms with van der Waals surface area (Å²) in [4.78, 5) is 13.3. The second kappa shape index (κ2) is 8.33. The number of H-pyrrole nitrogens is 1. The van der Waals surface area contributed by atoms with Gasteiger partial charge in [-0.2, -0.15) is 0 Å². The first-order valence-corrected chi connectivity index (χ1v) is 11.0. The average molecular weight is 460 g/mol. The SMILES string of the molecule is COc1ccc(-c2ccc(NC(=O)C3(c4cccc(Cl)c4)CC3)cc2-c2nnn[nH]2)cc1C. The highest BCUT2D eigenvalue weighted by molar-refractivity contribution is 6.30. The summed E-state index contributed by atoms with van der Waals surface area (Å²) in [5.41, 5.74) is 4.82. The number of nitrogens with one attached hydrogen (secondary N) is 2. The molecule has 1 aliphatic rings. The minimum atomic E-state index is -0.537. The number of amides is 1. The molecule has 33 heavy (non-hydrogen) atoms. The highest BCUT2D eigenvalue weighted by atomic mass is 35.5. The number of hydrogen-bond acceptors (Lipinski definition) is 5. The zero-order chi connectivity index (χ0) is 23.0. The summed E-state index contributed by atoms with van der Waals surface area (Å²) in [7, 11) is 1.65. The van der Waals surface area contributed by atoms with Crippen molar-refractivity contribution in [3.05, 3.63) is 76.8 Å². The molecule has 0 aliphatic heterocycles. The number of halogens is 1. The third-order valence-corrected chi connectivity index (χ3v) is 6.38. The van der Waals surface area contributed by atoms with Crippen LogP contribution in [0.1, 0.15) is 24.0 Å². The van der Waals surface area contributed by atoms with Crippen LogP contribution in [0, 0.1) is 6.92 Å². The van der Waals surface area contributed by atoms with Gasteiger partial charge in [0.25, 0.3) is 0 Å². The van der Waals surface area contributed by atoms with Gasteiger partial charge >= 0.3 is 0 Å². The molecule has 0 atom stereocenters. The van der Waals surface area contributed by atoms with Crippen molar-refractivity contribution in [3.8, 4) is 28.3 Å². The number of nitrogens with zero attached hydrogens (tertiary/aromatic N) is 3. The Morgan fingerprint density at radius 3 is 2.61 bits per heavy atom. The van der Waals surface area contributed by atoms with Crippen molar-refractivity contribution in [1.82, 2.24) is 20.6 Å². The summed E-state index contributed by atoms with van der Waals surface area (Å²) in [6.45, 7) is 2.00. The first kappa shape index (κ1) is 21.2. The van der Waals surface area contributed by atoms with Crippen LogP contribution >= 0.6 is 11.6 Å². The van der Waals surface area contributed by atoms with E-state index in [2.05, 4.69) is 32.0 Å². The molecular formula is C25H22ClN5O2. The molecule has 166 valence electrons. The molecule has 4 aromatic rings. The van der Waals surface area contributed by atoms with Crippen molar-refractivity contribution < 1.29 is 9.53 Å². The molecule has 5 rings (SSSR count). The lowest BCUT2D eigenvalue weighted by atomic mass is 9.94. The number of rotatable bonds is 6. The predicted octanol–water partition coefficient (Wildman–Crippen LogP) is 5.17. The third-order valence-electron chi connectivity index (χ3n) is 6.15. The molecule has 0 saturated heterocycles. The Morgan fingerprint density at radius 1 is 1.09 bits per heavy atom. The lowest BCUT2D eigenvalue weighted by Gasteiger charge is -2.17. The van der Waals surface area contributed by atoms with E-state index in [0.717, 1.165) is 46.4 Å². The second-order valence-corrected chi connectivity index (χ2v) is 8.68. The Hall–Kier alpha value is -3.71. The van der Waals surface area contributed by atoms with Crippen LogP contribution in [0.4, 0.5) is 5.69 Å². The third kappa shape index (κ3) is 3.96. The van der Waals surface area contributed by atoms with Crippen LogP contribution in [0.5, 0.6) is 5.75 Å². The van der Waals surface area contributed by atoms with Gasteiger partial charge in [-0.25, -0.2) is 5.10 Å². The van der Waals surface area contributed by atoms with Crippen LogP contribution in [0.25, 0.3) is 22.5 Å². The maximum Gasteiger partial charge on any atom is 0.235 e. The number of aryl methyl sites for hydroxylation is 1. The quantitative estimate of drug-likeness (QED) is 0.414. The molecule has 1 heterocycles. The number of tetrazole rings is 1. The van der Waals surface area contributed by atoms with E-state index < -0.39 is 5.41 Å². The first-order valence-electron chi connectivity index (χ1n) is 10.6. The zero-order valence-electron chi connectivity index (χ0n) is 18.2. The summed E-state index contributed by atoms with van der Waals surface area (Å²) in [6.07, 6.45) is 1.59. The summed E-state index contributed by atoms with van der Waals surface area (Å²) in [6, 6.07) is 19.3. The van der Waals surface area contributed by atoms with Gasteiger partial charge in [0.2, 0.25) is 5.91 Å². The van der Waals surface area contributed by atoms with E-state index >= 15 is 0 Å². The minimum absolute atomic E-state index is 0.0422. The van der Waals surface area contributed by atoms with Crippen molar-refractivity contribution in [3.63, 3.8) is 0 Å². The molecule has 1 amide bonds. The number of anilines is 1. The van der Waals surface area contributed by atoms with Crippen molar-refractivity contribution in [2.24, 2.45) is 0 Å². The van der Waals surface area contributed by atoms with Crippen LogP contribution in [0.3, 0.4) is 0 Å². The number of ether oxygens (including phenoxy) is 1. The molecule has 0 spiro atoms. The number of carbonyl (C=O) groups is 1. The molecule has 1 saturated carbocycles. The van der Waals surface area contributed by atoms with E-state index in [1.807, 2.05) is 61.5 Å². The Bertz CT molecular complexity index is 1330. The highest BCUT2D eigenvalue weighted by Crippen LogP contribution is 2.49. The maximum absolute atomic E-state index is 13.3. The van der Waals surface area contributed by atoms with Crippen LogP contribution in [-0.2, 0) is 10.2 Å². The van der Waals surface area contributed by atoms with E-state index in [-0.39, 0.29) is 5.91 Å². The van der Waals surface area contributed by atoms with Gasteiger partial charge in [-0.05, 0) is 88.8 Å². The number of aromatic amines is 1. The number of aromatic nitrogens is 4. The topological polar surface area (TPSA) is 92.8 Å². The zero-order valence-corrected chi connectivity index (χ0v) is 19.0. The number of methoxy groups -OCH3 is 1. The highest BCUT2D eigenvalue weighted by Gasteiger charge is 2.51. The lowest BCUT2D eigenvalue weighted by Crippen LogP contribution is -2.27. The van der Waals surface area contributed by atoms with Gasteiger partial charge in [-0.3, -0.25) is 4.79 Å². The summed E-state index contributed by atoms with van der Waals surface area (Å²) in [5.74, 6) is 1.30. The number of benzene rings is 3. The Morgan fingerprint density at radius 2 is 1.94 bits per heavy atom. The van der Waals surface area contributed by atoms with Crippen LogP contribution in [-0.4, -0.2) is 33.6 Å². The van der Waals surface area contributed by atoms with E-state index in [4.69, 9.17) is 16.3 Å². The Labute approximate surface area is 196 Å². The van der Waals surface area contributed by atoms with Crippen molar-refractivity contribution >= 4 is 23.2 Å². The lowest BCUT2D eigenvalue weighted by molar-refractivity contribution is -0.118. The van der Waals surface area contributed by atoms with Gasteiger partial charge in [0.1, 0.15) is 5.75 Å². The van der Waals surface area contributed by atoms with Crippen LogP contribution < -0.4 is 10.1 Å². The molecular weight excluding hydrogens is 438 g/mol. The molecule has 0 unspecified atom stereocenters. The van der Waals surface area contributed by atoms with Gasteiger partial charge in [0, 0.05) is 16.3 Å². The largest absolute Gasteiger partial charge is 0.496 e. The van der Waals surface area contributed by atoms with Gasteiger partial charge in [-0.15, -0.1) is 5.10 Å². The molecule has 7 nitrogen and oxygen atoms in total. The standard InChI is InChI=1S/C25H22ClN5O2/c1-15-12-16(6-9-22(15)33-2)20-8-7-19(14-21(20)23-28-30-31-29-23)27-24(32)25(10-11-25)17-4-3-5-18(26)13-17/h3-9,12-14H,10-11H2,1-2H3,(H,27,32)(H,28,29,30,31). The Kier molecular flexibility index (Phi) is 5.34. The van der Waals surface area contributed by atoms with E-state index in [1.54, 1.807) is 7.11 Å².